The molecule has 0 unspecified atom stereocenters. The number of hydrogen-bond acceptors (Lipinski definition) is 6. The van der Waals surface area contributed by atoms with E-state index >= 15 is 0 Å². The van der Waals surface area contributed by atoms with E-state index in [0.29, 0.717) is 22.8 Å². The molecule has 0 aliphatic heterocycles. The van der Waals surface area contributed by atoms with Gasteiger partial charge in [-0.15, -0.1) is 0 Å². The van der Waals surface area contributed by atoms with Crippen molar-refractivity contribution in [1.82, 2.24) is 4.98 Å². The van der Waals surface area contributed by atoms with E-state index in [9.17, 15) is 4.79 Å². The summed E-state index contributed by atoms with van der Waals surface area (Å²) >= 11 is 0. The van der Waals surface area contributed by atoms with Crippen molar-refractivity contribution in [2.24, 2.45) is 0 Å². The first-order chi connectivity index (χ1) is 11.7. The minimum atomic E-state index is -0.100. The second-order valence-electron chi connectivity index (χ2n) is 4.72. The highest BCUT2D eigenvalue weighted by Crippen LogP contribution is 2.27. The van der Waals surface area contributed by atoms with Crippen LogP contribution in [0.3, 0.4) is 0 Å². The Hall–Kier alpha value is -2.70. The van der Waals surface area contributed by atoms with Crippen LogP contribution in [-0.4, -0.2) is 38.6 Å². The van der Waals surface area contributed by atoms with Crippen molar-refractivity contribution in [1.29, 1.82) is 0 Å². The van der Waals surface area contributed by atoms with Gasteiger partial charge in [0, 0.05) is 25.8 Å². The van der Waals surface area contributed by atoms with Crippen LogP contribution in [0.2, 0.25) is 0 Å². The number of carbonyl (C=O) groups excluding carboxylic acids is 1. The Morgan fingerprint density at radius 3 is 2.38 bits per heavy atom. The fourth-order valence-corrected chi connectivity index (χ4v) is 1.86. The Kier molecular flexibility index (Phi) is 6.94. The first-order valence-electron chi connectivity index (χ1n) is 7.25. The third-order valence-corrected chi connectivity index (χ3v) is 2.98. The molecule has 2 rings (SSSR count). The van der Waals surface area contributed by atoms with E-state index in [1.807, 2.05) is 18.2 Å². The predicted molar refractivity (Wildman–Crippen MR) is 89.1 cm³/mol. The topological polar surface area (TPSA) is 66.9 Å². The van der Waals surface area contributed by atoms with Crippen LogP contribution in [0.15, 0.2) is 48.7 Å². The van der Waals surface area contributed by atoms with Gasteiger partial charge in [-0.05, 0) is 12.2 Å². The first-order valence-corrected chi connectivity index (χ1v) is 7.25. The van der Waals surface area contributed by atoms with E-state index in [2.05, 4.69) is 4.98 Å². The van der Waals surface area contributed by atoms with Crippen molar-refractivity contribution >= 4 is 11.9 Å². The van der Waals surface area contributed by atoms with Crippen LogP contribution in [0.25, 0.3) is 6.08 Å². The van der Waals surface area contributed by atoms with Gasteiger partial charge < -0.3 is 18.9 Å². The van der Waals surface area contributed by atoms with Crippen LogP contribution < -0.4 is 9.47 Å². The molecular formula is C18H19NO5. The zero-order valence-corrected chi connectivity index (χ0v) is 13.6. The summed E-state index contributed by atoms with van der Waals surface area (Å²) in [4.78, 5) is 16.3. The average Bonchev–Trinajstić information content (AvgIpc) is 2.64. The lowest BCUT2D eigenvalue weighted by Gasteiger charge is -2.11. The fraction of sp³-hybridized carbons (Fsp3) is 0.222. The Bertz CT molecular complexity index is 685. The molecule has 2 aromatic rings. The lowest BCUT2D eigenvalue weighted by molar-refractivity contribution is 0.0319. The third-order valence-electron chi connectivity index (χ3n) is 2.98. The van der Waals surface area contributed by atoms with Crippen molar-refractivity contribution in [3.8, 4) is 11.5 Å². The van der Waals surface area contributed by atoms with E-state index in [0.717, 1.165) is 0 Å². The quantitative estimate of drug-likeness (QED) is 0.400. The van der Waals surface area contributed by atoms with Crippen LogP contribution in [0.4, 0.5) is 0 Å². The fourth-order valence-electron chi connectivity index (χ4n) is 1.86. The summed E-state index contributed by atoms with van der Waals surface area (Å²) in [6.07, 6.45) is 4.60. The second kappa shape index (κ2) is 9.44. The molecule has 0 aliphatic rings. The molecule has 1 heterocycles. The molecule has 1 aromatic heterocycles. The number of methoxy groups -OCH3 is 2. The number of carbonyl (C=O) groups is 1. The standard InChI is InChI=1S/C18H19NO5/c1-21-12-23-17-10-15(19-11-18(17)24-13-22-2)8-9-16(20)14-6-4-3-5-7-14/h3-11H,12-13H2,1-2H3. The number of rotatable bonds is 9. The summed E-state index contributed by atoms with van der Waals surface area (Å²) < 4.78 is 20.6. The summed E-state index contributed by atoms with van der Waals surface area (Å²) in [5.41, 5.74) is 1.18. The van der Waals surface area contributed by atoms with Gasteiger partial charge in [-0.2, -0.15) is 0 Å². The predicted octanol–water partition coefficient (Wildman–Crippen LogP) is 2.94. The third kappa shape index (κ3) is 5.19. The number of pyridine rings is 1. The second-order valence-corrected chi connectivity index (χ2v) is 4.72. The normalized spacial score (nSPS) is 10.8. The lowest BCUT2D eigenvalue weighted by atomic mass is 10.1. The summed E-state index contributed by atoms with van der Waals surface area (Å²) in [6.45, 7) is 0.145. The number of aromatic nitrogens is 1. The number of ketones is 1. The zero-order valence-electron chi connectivity index (χ0n) is 13.6. The van der Waals surface area contributed by atoms with Gasteiger partial charge in [0.15, 0.2) is 30.9 Å². The molecule has 1 aromatic carbocycles. The molecule has 6 nitrogen and oxygen atoms in total. The van der Waals surface area contributed by atoms with E-state index < -0.39 is 0 Å². The van der Waals surface area contributed by atoms with Crippen LogP contribution in [0.1, 0.15) is 16.1 Å². The Balaban J connectivity index is 2.14. The Morgan fingerprint density at radius 2 is 1.71 bits per heavy atom. The molecular weight excluding hydrogens is 310 g/mol. The summed E-state index contributed by atoms with van der Waals surface area (Å²) in [6, 6.07) is 10.7. The Morgan fingerprint density at radius 1 is 1.04 bits per heavy atom. The molecule has 0 spiro atoms. The van der Waals surface area contributed by atoms with Gasteiger partial charge >= 0.3 is 0 Å². The van der Waals surface area contributed by atoms with Crippen LogP contribution >= 0.6 is 0 Å². The molecule has 0 amide bonds. The zero-order chi connectivity index (χ0) is 17.2. The van der Waals surface area contributed by atoms with E-state index in [1.54, 1.807) is 24.3 Å². The van der Waals surface area contributed by atoms with Crippen molar-refractivity contribution < 1.29 is 23.7 Å². The first kappa shape index (κ1) is 17.7. The molecule has 126 valence electrons. The van der Waals surface area contributed by atoms with Gasteiger partial charge in [-0.25, -0.2) is 0 Å². The van der Waals surface area contributed by atoms with Crippen molar-refractivity contribution in [3.63, 3.8) is 0 Å². The molecule has 0 saturated carbocycles. The monoisotopic (exact) mass is 329 g/mol. The number of benzene rings is 1. The Labute approximate surface area is 140 Å². The van der Waals surface area contributed by atoms with Gasteiger partial charge in [-0.1, -0.05) is 30.3 Å². The van der Waals surface area contributed by atoms with Crippen LogP contribution in [0.5, 0.6) is 11.5 Å². The van der Waals surface area contributed by atoms with Crippen LogP contribution in [0, 0.1) is 0 Å². The van der Waals surface area contributed by atoms with Crippen molar-refractivity contribution in [3.05, 3.63) is 59.9 Å². The molecule has 0 radical (unpaired) electrons. The summed E-state index contributed by atoms with van der Waals surface area (Å²) in [5, 5.41) is 0. The molecule has 0 aliphatic carbocycles. The molecule has 0 fully saturated rings. The maximum Gasteiger partial charge on any atom is 0.189 e. The van der Waals surface area contributed by atoms with E-state index in [4.69, 9.17) is 18.9 Å². The highest BCUT2D eigenvalue weighted by Gasteiger charge is 2.08. The summed E-state index contributed by atoms with van der Waals surface area (Å²) in [5.74, 6) is 0.785. The molecule has 0 N–H and O–H groups in total. The van der Waals surface area contributed by atoms with E-state index in [1.165, 1.54) is 26.5 Å². The number of ether oxygens (including phenoxy) is 4. The van der Waals surface area contributed by atoms with Gasteiger partial charge in [0.05, 0.1) is 11.9 Å². The largest absolute Gasteiger partial charge is 0.464 e. The lowest BCUT2D eigenvalue weighted by Crippen LogP contribution is -2.05. The molecule has 24 heavy (non-hydrogen) atoms. The van der Waals surface area contributed by atoms with Gasteiger partial charge in [0.1, 0.15) is 0 Å². The highest BCUT2D eigenvalue weighted by molar-refractivity contribution is 6.06. The maximum atomic E-state index is 12.1. The van der Waals surface area contributed by atoms with Gasteiger partial charge in [0.2, 0.25) is 0 Å². The van der Waals surface area contributed by atoms with Crippen molar-refractivity contribution in [2.75, 3.05) is 27.8 Å². The number of nitrogens with zero attached hydrogens (tertiary/aromatic N) is 1. The smallest absolute Gasteiger partial charge is 0.189 e. The van der Waals surface area contributed by atoms with Crippen molar-refractivity contribution in [2.45, 2.75) is 0 Å². The SMILES string of the molecule is COCOc1cnc(C=CC(=O)c2ccccc2)cc1OCOC. The minimum Gasteiger partial charge on any atom is -0.464 e. The average molecular weight is 329 g/mol. The van der Waals surface area contributed by atoms with Crippen LogP contribution in [-0.2, 0) is 9.47 Å². The number of allylic oxidation sites excluding steroid dienone is 1. The maximum absolute atomic E-state index is 12.1. The van der Waals surface area contributed by atoms with Gasteiger partial charge in [-0.3, -0.25) is 9.78 Å². The molecule has 0 atom stereocenters. The minimum absolute atomic E-state index is 0.0689. The number of hydrogen-bond donors (Lipinski definition) is 0. The molecule has 6 heteroatoms. The molecule has 0 bridgehead atoms. The van der Waals surface area contributed by atoms with Gasteiger partial charge in [0.25, 0.3) is 0 Å². The molecule has 0 saturated heterocycles. The summed E-state index contributed by atoms with van der Waals surface area (Å²) in [7, 11) is 3.05. The van der Waals surface area contributed by atoms with E-state index in [-0.39, 0.29) is 19.4 Å². The highest BCUT2D eigenvalue weighted by atomic mass is 16.7.